The van der Waals surface area contributed by atoms with Crippen LogP contribution >= 0.6 is 0 Å². The summed E-state index contributed by atoms with van der Waals surface area (Å²) in [5.41, 5.74) is 2.00. The third kappa shape index (κ3) is 2.99. The van der Waals surface area contributed by atoms with Gasteiger partial charge in [-0.2, -0.15) is 4.98 Å². The lowest BCUT2D eigenvalue weighted by Gasteiger charge is -2.23. The Labute approximate surface area is 118 Å². The summed E-state index contributed by atoms with van der Waals surface area (Å²) in [6, 6.07) is 8.04. The van der Waals surface area contributed by atoms with Gasteiger partial charge in [0.1, 0.15) is 0 Å². The fourth-order valence-electron chi connectivity index (χ4n) is 2.44. The number of nitrogens with one attached hydrogen (secondary N) is 1. The quantitative estimate of drug-likeness (QED) is 0.928. The standard InChI is InChI=1S/C15H19N3O2/c1-11-17-15(20-18-11)13-4-2-3-5-14(13)16-10-12-6-8-19-9-7-12/h2-5,12,16H,6-10H2,1H3. The minimum absolute atomic E-state index is 0.567. The van der Waals surface area contributed by atoms with Crippen LogP contribution in [0.1, 0.15) is 18.7 Å². The summed E-state index contributed by atoms with van der Waals surface area (Å²) in [7, 11) is 0. The first-order valence-corrected chi connectivity index (χ1v) is 7.04. The molecule has 1 saturated heterocycles. The van der Waals surface area contributed by atoms with Crippen LogP contribution in [0.15, 0.2) is 28.8 Å². The molecule has 0 saturated carbocycles. The molecule has 0 bridgehead atoms. The molecule has 1 aliphatic rings. The van der Waals surface area contributed by atoms with Gasteiger partial charge in [-0.05, 0) is 37.8 Å². The van der Waals surface area contributed by atoms with Crippen molar-refractivity contribution in [2.24, 2.45) is 5.92 Å². The Morgan fingerprint density at radius 1 is 1.25 bits per heavy atom. The van der Waals surface area contributed by atoms with Crippen LogP contribution < -0.4 is 5.32 Å². The van der Waals surface area contributed by atoms with E-state index in [0.717, 1.165) is 43.9 Å². The van der Waals surface area contributed by atoms with E-state index in [0.29, 0.717) is 17.6 Å². The van der Waals surface area contributed by atoms with Crippen molar-refractivity contribution in [1.82, 2.24) is 10.1 Å². The molecule has 0 unspecified atom stereocenters. The summed E-state index contributed by atoms with van der Waals surface area (Å²) >= 11 is 0. The number of benzene rings is 1. The molecular formula is C15H19N3O2. The van der Waals surface area contributed by atoms with E-state index < -0.39 is 0 Å². The number of anilines is 1. The summed E-state index contributed by atoms with van der Waals surface area (Å²) < 4.78 is 10.6. The highest BCUT2D eigenvalue weighted by molar-refractivity contribution is 5.72. The molecule has 106 valence electrons. The minimum Gasteiger partial charge on any atom is -0.384 e. The lowest BCUT2D eigenvalue weighted by molar-refractivity contribution is 0.0699. The minimum atomic E-state index is 0.567. The SMILES string of the molecule is Cc1noc(-c2ccccc2NCC2CCOCC2)n1. The van der Waals surface area contributed by atoms with Gasteiger partial charge in [-0.25, -0.2) is 0 Å². The molecule has 2 aromatic rings. The number of hydrogen-bond donors (Lipinski definition) is 1. The number of para-hydroxylation sites is 1. The molecule has 1 aliphatic heterocycles. The van der Waals surface area contributed by atoms with Crippen molar-refractivity contribution in [3.05, 3.63) is 30.1 Å². The first-order valence-electron chi connectivity index (χ1n) is 7.04. The second-order valence-corrected chi connectivity index (χ2v) is 5.13. The predicted octanol–water partition coefficient (Wildman–Crippen LogP) is 2.88. The zero-order chi connectivity index (χ0) is 13.8. The first kappa shape index (κ1) is 13.1. The smallest absolute Gasteiger partial charge is 0.260 e. The Balaban J connectivity index is 1.72. The van der Waals surface area contributed by atoms with E-state index in [4.69, 9.17) is 9.26 Å². The molecule has 1 N–H and O–H groups in total. The topological polar surface area (TPSA) is 60.2 Å². The Bertz CT molecular complexity index is 562. The Hall–Kier alpha value is -1.88. The number of ether oxygens (including phenoxy) is 1. The van der Waals surface area contributed by atoms with Gasteiger partial charge in [-0.3, -0.25) is 0 Å². The van der Waals surface area contributed by atoms with E-state index in [2.05, 4.69) is 15.5 Å². The van der Waals surface area contributed by atoms with Crippen molar-refractivity contribution in [2.75, 3.05) is 25.1 Å². The summed E-state index contributed by atoms with van der Waals surface area (Å²) in [4.78, 5) is 4.30. The first-order chi connectivity index (χ1) is 9.83. The second kappa shape index (κ2) is 6.05. The number of hydrogen-bond acceptors (Lipinski definition) is 5. The third-order valence-electron chi connectivity index (χ3n) is 3.61. The molecule has 5 nitrogen and oxygen atoms in total. The average Bonchev–Trinajstić information content (AvgIpc) is 2.93. The normalized spacial score (nSPS) is 16.2. The van der Waals surface area contributed by atoms with Gasteiger partial charge in [0.15, 0.2) is 5.82 Å². The van der Waals surface area contributed by atoms with Gasteiger partial charge in [0.05, 0.1) is 5.56 Å². The molecule has 0 aliphatic carbocycles. The number of aryl methyl sites for hydroxylation is 1. The molecule has 1 aromatic heterocycles. The van der Waals surface area contributed by atoms with Crippen molar-refractivity contribution in [3.63, 3.8) is 0 Å². The molecule has 5 heteroatoms. The van der Waals surface area contributed by atoms with E-state index in [9.17, 15) is 0 Å². The molecule has 20 heavy (non-hydrogen) atoms. The van der Waals surface area contributed by atoms with Crippen LogP contribution in [0.5, 0.6) is 0 Å². The summed E-state index contributed by atoms with van der Waals surface area (Å²) in [6.45, 7) is 4.52. The van der Waals surface area contributed by atoms with Gasteiger partial charge >= 0.3 is 0 Å². The zero-order valence-corrected chi connectivity index (χ0v) is 11.6. The van der Waals surface area contributed by atoms with E-state index in [1.54, 1.807) is 0 Å². The highest BCUT2D eigenvalue weighted by Crippen LogP contribution is 2.27. The van der Waals surface area contributed by atoms with E-state index in [-0.39, 0.29) is 0 Å². The zero-order valence-electron chi connectivity index (χ0n) is 11.6. The maximum absolute atomic E-state index is 5.39. The van der Waals surface area contributed by atoms with Crippen molar-refractivity contribution in [1.29, 1.82) is 0 Å². The van der Waals surface area contributed by atoms with Crippen LogP contribution in [0, 0.1) is 12.8 Å². The highest BCUT2D eigenvalue weighted by atomic mass is 16.5. The lowest BCUT2D eigenvalue weighted by atomic mass is 10.00. The van der Waals surface area contributed by atoms with Crippen LogP contribution in [0.3, 0.4) is 0 Å². The second-order valence-electron chi connectivity index (χ2n) is 5.13. The Morgan fingerprint density at radius 2 is 2.05 bits per heavy atom. The molecule has 0 amide bonds. The number of nitrogens with zero attached hydrogens (tertiary/aromatic N) is 2. The van der Waals surface area contributed by atoms with Gasteiger partial charge in [0.25, 0.3) is 5.89 Å². The largest absolute Gasteiger partial charge is 0.384 e. The Kier molecular flexibility index (Phi) is 3.97. The molecule has 2 heterocycles. The van der Waals surface area contributed by atoms with Crippen molar-refractivity contribution in [2.45, 2.75) is 19.8 Å². The summed E-state index contributed by atoms with van der Waals surface area (Å²) in [6.07, 6.45) is 2.24. The van der Waals surface area contributed by atoms with E-state index in [1.807, 2.05) is 31.2 Å². The Morgan fingerprint density at radius 3 is 2.80 bits per heavy atom. The molecule has 0 spiro atoms. The van der Waals surface area contributed by atoms with Crippen LogP contribution in [-0.2, 0) is 4.74 Å². The van der Waals surface area contributed by atoms with E-state index in [1.165, 1.54) is 0 Å². The number of aromatic nitrogens is 2. The molecule has 3 rings (SSSR count). The van der Waals surface area contributed by atoms with Crippen molar-refractivity contribution < 1.29 is 9.26 Å². The van der Waals surface area contributed by atoms with Gasteiger partial charge in [-0.1, -0.05) is 17.3 Å². The highest BCUT2D eigenvalue weighted by Gasteiger charge is 2.15. The molecular weight excluding hydrogens is 254 g/mol. The molecule has 0 atom stereocenters. The van der Waals surface area contributed by atoms with Crippen LogP contribution in [-0.4, -0.2) is 29.9 Å². The van der Waals surface area contributed by atoms with Crippen LogP contribution in [0.4, 0.5) is 5.69 Å². The van der Waals surface area contributed by atoms with Gasteiger partial charge < -0.3 is 14.6 Å². The predicted molar refractivity (Wildman–Crippen MR) is 76.5 cm³/mol. The van der Waals surface area contributed by atoms with E-state index >= 15 is 0 Å². The average molecular weight is 273 g/mol. The number of rotatable bonds is 4. The molecule has 1 fully saturated rings. The van der Waals surface area contributed by atoms with Gasteiger partial charge in [0.2, 0.25) is 0 Å². The van der Waals surface area contributed by atoms with Crippen molar-refractivity contribution >= 4 is 5.69 Å². The van der Waals surface area contributed by atoms with Crippen molar-refractivity contribution in [3.8, 4) is 11.5 Å². The third-order valence-corrected chi connectivity index (χ3v) is 3.61. The van der Waals surface area contributed by atoms with Crippen LogP contribution in [0.2, 0.25) is 0 Å². The fourth-order valence-corrected chi connectivity index (χ4v) is 2.44. The van der Waals surface area contributed by atoms with Gasteiger partial charge in [-0.15, -0.1) is 0 Å². The maximum Gasteiger partial charge on any atom is 0.260 e. The lowest BCUT2D eigenvalue weighted by Crippen LogP contribution is -2.22. The maximum atomic E-state index is 5.39. The summed E-state index contributed by atoms with van der Waals surface area (Å²) in [5.74, 6) is 1.89. The van der Waals surface area contributed by atoms with Gasteiger partial charge in [0, 0.05) is 25.4 Å². The van der Waals surface area contributed by atoms with Crippen LogP contribution in [0.25, 0.3) is 11.5 Å². The summed E-state index contributed by atoms with van der Waals surface area (Å²) in [5, 5.41) is 7.36. The molecule has 1 aromatic carbocycles. The monoisotopic (exact) mass is 273 g/mol. The fraction of sp³-hybridized carbons (Fsp3) is 0.467. The molecule has 0 radical (unpaired) electrons.